The molecular weight excluding hydrogens is 304 g/mol. The van der Waals surface area contributed by atoms with E-state index in [1.807, 2.05) is 18.2 Å². The molecule has 1 amide bonds. The van der Waals surface area contributed by atoms with Gasteiger partial charge in [-0.2, -0.15) is 9.78 Å². The largest absolute Gasteiger partial charge is 0.348 e. The first kappa shape index (κ1) is 16.4. The molecule has 126 valence electrons. The Hall–Kier alpha value is -2.47. The number of nitrogens with one attached hydrogen (secondary N) is 1. The van der Waals surface area contributed by atoms with Gasteiger partial charge in [-0.3, -0.25) is 9.59 Å². The predicted octanol–water partition coefficient (Wildman–Crippen LogP) is 1.48. The monoisotopic (exact) mass is 326 g/mol. The Morgan fingerprint density at radius 3 is 2.67 bits per heavy atom. The summed E-state index contributed by atoms with van der Waals surface area (Å²) in [4.78, 5) is 24.6. The first-order valence-corrected chi connectivity index (χ1v) is 8.36. The topological polar surface area (TPSA) is 90.0 Å². The van der Waals surface area contributed by atoms with Crippen molar-refractivity contribution in [3.05, 3.63) is 58.5 Å². The predicted molar refractivity (Wildman–Crippen MR) is 92.1 cm³/mol. The SMILES string of the molecule is NCC1CCCCC1NC(=O)c1ccc(=O)n(-c2ccccc2)n1. The molecule has 0 aliphatic heterocycles. The number of hydrogen-bond donors (Lipinski definition) is 2. The number of nitrogens with zero attached hydrogens (tertiary/aromatic N) is 2. The van der Waals surface area contributed by atoms with Crippen LogP contribution in [0.4, 0.5) is 0 Å². The molecule has 2 unspecified atom stereocenters. The van der Waals surface area contributed by atoms with Crippen molar-refractivity contribution in [2.45, 2.75) is 31.7 Å². The molecule has 0 bridgehead atoms. The van der Waals surface area contributed by atoms with Gasteiger partial charge >= 0.3 is 0 Å². The normalized spacial score (nSPS) is 20.5. The van der Waals surface area contributed by atoms with Crippen LogP contribution in [0.3, 0.4) is 0 Å². The fourth-order valence-corrected chi connectivity index (χ4v) is 3.21. The smallest absolute Gasteiger partial charge is 0.271 e. The minimum atomic E-state index is -0.268. The number of rotatable bonds is 4. The zero-order valence-corrected chi connectivity index (χ0v) is 13.5. The first-order valence-electron chi connectivity index (χ1n) is 8.36. The highest BCUT2D eigenvalue weighted by Crippen LogP contribution is 2.23. The Morgan fingerprint density at radius 2 is 1.92 bits per heavy atom. The summed E-state index contributed by atoms with van der Waals surface area (Å²) in [5, 5.41) is 7.26. The van der Waals surface area contributed by atoms with Crippen molar-refractivity contribution in [2.75, 3.05) is 6.54 Å². The third-order valence-electron chi connectivity index (χ3n) is 4.56. The van der Waals surface area contributed by atoms with Crippen LogP contribution >= 0.6 is 0 Å². The van der Waals surface area contributed by atoms with Crippen molar-refractivity contribution in [3.63, 3.8) is 0 Å². The molecule has 1 aromatic heterocycles. The lowest BCUT2D eigenvalue weighted by Gasteiger charge is -2.31. The van der Waals surface area contributed by atoms with E-state index in [4.69, 9.17) is 5.73 Å². The van der Waals surface area contributed by atoms with Crippen LogP contribution in [0.5, 0.6) is 0 Å². The molecule has 1 aliphatic carbocycles. The van der Waals surface area contributed by atoms with Gasteiger partial charge in [0.1, 0.15) is 5.69 Å². The molecule has 2 aromatic rings. The van der Waals surface area contributed by atoms with Crippen molar-refractivity contribution >= 4 is 5.91 Å². The Labute approximate surface area is 140 Å². The minimum absolute atomic E-state index is 0.0788. The molecule has 1 saturated carbocycles. The third kappa shape index (κ3) is 3.54. The number of aromatic nitrogens is 2. The van der Waals surface area contributed by atoms with Gasteiger partial charge in [0.25, 0.3) is 11.5 Å². The number of hydrogen-bond acceptors (Lipinski definition) is 4. The van der Waals surface area contributed by atoms with Gasteiger partial charge in [-0.1, -0.05) is 31.0 Å². The number of amides is 1. The number of benzene rings is 1. The molecule has 24 heavy (non-hydrogen) atoms. The van der Waals surface area contributed by atoms with E-state index in [1.54, 1.807) is 12.1 Å². The third-order valence-corrected chi connectivity index (χ3v) is 4.56. The van der Waals surface area contributed by atoms with Crippen molar-refractivity contribution in [3.8, 4) is 5.69 Å². The average molecular weight is 326 g/mol. The minimum Gasteiger partial charge on any atom is -0.348 e. The molecule has 0 radical (unpaired) electrons. The van der Waals surface area contributed by atoms with Crippen molar-refractivity contribution in [1.29, 1.82) is 0 Å². The number of para-hydroxylation sites is 1. The lowest BCUT2D eigenvalue weighted by atomic mass is 9.84. The first-order chi connectivity index (χ1) is 11.7. The molecule has 0 saturated heterocycles. The number of carbonyl (C=O) groups is 1. The van der Waals surface area contributed by atoms with Crippen molar-refractivity contribution < 1.29 is 4.79 Å². The summed E-state index contributed by atoms with van der Waals surface area (Å²) in [6.45, 7) is 0.571. The number of nitrogens with two attached hydrogens (primary N) is 1. The summed E-state index contributed by atoms with van der Waals surface area (Å²) in [6, 6.07) is 12.0. The second kappa shape index (κ2) is 7.40. The van der Waals surface area contributed by atoms with Gasteiger partial charge in [-0.15, -0.1) is 0 Å². The average Bonchev–Trinajstić information content (AvgIpc) is 2.63. The molecule has 1 aliphatic rings. The fourth-order valence-electron chi connectivity index (χ4n) is 3.21. The van der Waals surface area contributed by atoms with E-state index in [-0.39, 0.29) is 23.2 Å². The highest BCUT2D eigenvalue weighted by Gasteiger charge is 2.26. The van der Waals surface area contributed by atoms with E-state index in [9.17, 15) is 9.59 Å². The molecule has 1 aromatic carbocycles. The standard InChI is InChI=1S/C18H22N4O2/c19-12-13-6-4-5-9-15(13)20-18(24)16-10-11-17(23)22(21-16)14-7-2-1-3-8-14/h1-3,7-8,10-11,13,15H,4-6,9,12,19H2,(H,20,24). The maximum atomic E-state index is 12.5. The summed E-state index contributed by atoms with van der Waals surface area (Å²) >= 11 is 0. The Balaban J connectivity index is 1.82. The maximum absolute atomic E-state index is 12.5. The van der Waals surface area contributed by atoms with E-state index in [0.717, 1.165) is 25.7 Å². The number of carbonyl (C=O) groups excluding carboxylic acids is 1. The molecule has 3 N–H and O–H groups in total. The van der Waals surface area contributed by atoms with Gasteiger partial charge in [-0.05, 0) is 43.5 Å². The van der Waals surface area contributed by atoms with Crippen molar-refractivity contribution in [2.24, 2.45) is 11.7 Å². The maximum Gasteiger partial charge on any atom is 0.271 e. The quantitative estimate of drug-likeness (QED) is 0.890. The molecule has 2 atom stereocenters. The Kier molecular flexibility index (Phi) is 5.05. The second-order valence-electron chi connectivity index (χ2n) is 6.16. The molecule has 6 heteroatoms. The van der Waals surface area contributed by atoms with Gasteiger partial charge in [0, 0.05) is 12.1 Å². The molecule has 1 heterocycles. The highest BCUT2D eigenvalue weighted by atomic mass is 16.2. The summed E-state index contributed by atoms with van der Waals surface area (Å²) in [6.07, 6.45) is 4.23. The second-order valence-corrected chi connectivity index (χ2v) is 6.16. The fraction of sp³-hybridized carbons (Fsp3) is 0.389. The summed E-state index contributed by atoms with van der Waals surface area (Å²) in [5.41, 5.74) is 6.42. The molecule has 0 spiro atoms. The van der Waals surface area contributed by atoms with Crippen LogP contribution in [0.2, 0.25) is 0 Å². The van der Waals surface area contributed by atoms with Gasteiger partial charge in [-0.25, -0.2) is 0 Å². The lowest BCUT2D eigenvalue weighted by molar-refractivity contribution is 0.0901. The van der Waals surface area contributed by atoms with E-state index < -0.39 is 0 Å². The van der Waals surface area contributed by atoms with Crippen LogP contribution in [-0.2, 0) is 0 Å². The molecule has 1 fully saturated rings. The van der Waals surface area contributed by atoms with Crippen LogP contribution < -0.4 is 16.6 Å². The van der Waals surface area contributed by atoms with E-state index in [1.165, 1.54) is 16.8 Å². The van der Waals surface area contributed by atoms with Gasteiger partial charge in [0.15, 0.2) is 0 Å². The van der Waals surface area contributed by atoms with Crippen LogP contribution in [0.25, 0.3) is 5.69 Å². The molecule has 3 rings (SSSR count). The zero-order valence-electron chi connectivity index (χ0n) is 13.5. The van der Waals surface area contributed by atoms with Gasteiger partial charge in [0.05, 0.1) is 5.69 Å². The molecular formula is C18H22N4O2. The van der Waals surface area contributed by atoms with Crippen molar-refractivity contribution in [1.82, 2.24) is 15.1 Å². The zero-order chi connectivity index (χ0) is 16.9. The van der Waals surface area contributed by atoms with Crippen LogP contribution in [-0.4, -0.2) is 28.3 Å². The van der Waals surface area contributed by atoms with Crippen LogP contribution in [0.15, 0.2) is 47.3 Å². The summed E-state index contributed by atoms with van der Waals surface area (Å²) in [7, 11) is 0. The highest BCUT2D eigenvalue weighted by molar-refractivity contribution is 5.92. The summed E-state index contributed by atoms with van der Waals surface area (Å²) < 4.78 is 1.25. The van der Waals surface area contributed by atoms with E-state index in [0.29, 0.717) is 18.2 Å². The molecule has 6 nitrogen and oxygen atoms in total. The van der Waals surface area contributed by atoms with Gasteiger partial charge in [0.2, 0.25) is 0 Å². The Bertz CT molecular complexity index is 757. The van der Waals surface area contributed by atoms with E-state index in [2.05, 4.69) is 10.4 Å². The van der Waals surface area contributed by atoms with E-state index >= 15 is 0 Å². The summed E-state index contributed by atoms with van der Waals surface area (Å²) in [5.74, 6) is 0.0489. The Morgan fingerprint density at radius 1 is 1.17 bits per heavy atom. The van der Waals surface area contributed by atoms with Gasteiger partial charge < -0.3 is 11.1 Å². The van der Waals surface area contributed by atoms with Crippen LogP contribution in [0, 0.1) is 5.92 Å². The lowest BCUT2D eigenvalue weighted by Crippen LogP contribution is -2.45. The van der Waals surface area contributed by atoms with Crippen LogP contribution in [0.1, 0.15) is 36.2 Å².